The van der Waals surface area contributed by atoms with Gasteiger partial charge in [-0.25, -0.2) is 4.98 Å². The molecule has 0 unspecified atom stereocenters. The van der Waals surface area contributed by atoms with Crippen LogP contribution in [0.2, 0.25) is 0 Å². The van der Waals surface area contributed by atoms with Crippen LogP contribution in [0.1, 0.15) is 37.1 Å². The van der Waals surface area contributed by atoms with E-state index in [9.17, 15) is 4.79 Å². The molecule has 1 aromatic carbocycles. The maximum absolute atomic E-state index is 13.0. The summed E-state index contributed by atoms with van der Waals surface area (Å²) in [7, 11) is 1.64. The molecule has 1 spiro atoms. The molecule has 7 heteroatoms. The predicted molar refractivity (Wildman–Crippen MR) is 112 cm³/mol. The summed E-state index contributed by atoms with van der Waals surface area (Å²) in [4.78, 5) is 20.2. The van der Waals surface area contributed by atoms with Gasteiger partial charge < -0.3 is 24.3 Å². The first kappa shape index (κ1) is 19.6. The number of piperidine rings is 1. The maximum Gasteiger partial charge on any atom is 0.251 e. The Hall–Kier alpha value is -2.38. The van der Waals surface area contributed by atoms with E-state index in [2.05, 4.69) is 19.8 Å². The lowest BCUT2D eigenvalue weighted by Crippen LogP contribution is -2.54. The number of fused-ring (bicyclic) bond motifs is 2. The Kier molecular flexibility index (Phi) is 5.25. The smallest absolute Gasteiger partial charge is 0.251 e. The number of benzene rings is 1. The molecule has 1 amide bonds. The van der Waals surface area contributed by atoms with E-state index in [0.717, 1.165) is 49.0 Å². The van der Waals surface area contributed by atoms with E-state index in [1.165, 1.54) is 19.4 Å². The van der Waals surface area contributed by atoms with Gasteiger partial charge in [0.15, 0.2) is 6.10 Å². The third-order valence-corrected chi connectivity index (χ3v) is 6.62. The Bertz CT molecular complexity index is 899. The average Bonchev–Trinajstić information content (AvgIpc) is 3.46. The largest absolute Gasteiger partial charge is 0.497 e. The number of hydrogen-bond donors (Lipinski definition) is 1. The van der Waals surface area contributed by atoms with Crippen molar-refractivity contribution >= 4 is 5.91 Å². The van der Waals surface area contributed by atoms with Gasteiger partial charge in [-0.15, -0.1) is 0 Å². The highest BCUT2D eigenvalue weighted by Gasteiger charge is 2.47. The molecule has 1 aromatic heterocycles. The molecule has 2 aliphatic heterocycles. The number of nitrogens with one attached hydrogen (secondary N) is 1. The molecule has 1 saturated heterocycles. The number of likely N-dealkylation sites (tertiary alicyclic amines) is 1. The lowest BCUT2D eigenvalue weighted by atomic mass is 9.88. The van der Waals surface area contributed by atoms with Crippen molar-refractivity contribution in [2.75, 3.05) is 26.7 Å². The van der Waals surface area contributed by atoms with E-state index < -0.39 is 11.7 Å². The molecule has 3 aliphatic rings. The molecule has 2 aromatic rings. The lowest BCUT2D eigenvalue weighted by molar-refractivity contribution is -0.173. The first-order valence-electron chi connectivity index (χ1n) is 11.0. The molecule has 3 heterocycles. The zero-order chi connectivity index (χ0) is 20.6. The third kappa shape index (κ3) is 3.96. The van der Waals surface area contributed by atoms with Gasteiger partial charge in [0.2, 0.25) is 0 Å². The number of aromatic nitrogens is 2. The molecule has 1 aliphatic carbocycles. The highest BCUT2D eigenvalue weighted by atomic mass is 16.5. The van der Waals surface area contributed by atoms with Crippen molar-refractivity contribution in [2.45, 2.75) is 50.5 Å². The van der Waals surface area contributed by atoms with Gasteiger partial charge in [0, 0.05) is 38.6 Å². The zero-order valence-electron chi connectivity index (χ0n) is 17.5. The Morgan fingerprint density at radius 2 is 2.17 bits per heavy atom. The Labute approximate surface area is 177 Å². The molecule has 1 N–H and O–H groups in total. The van der Waals surface area contributed by atoms with Gasteiger partial charge in [-0.05, 0) is 49.3 Å². The first-order chi connectivity index (χ1) is 14.6. The van der Waals surface area contributed by atoms with Crippen LogP contribution < -0.4 is 10.1 Å². The van der Waals surface area contributed by atoms with Crippen LogP contribution in [-0.2, 0) is 28.2 Å². The third-order valence-electron chi connectivity index (χ3n) is 6.62. The highest BCUT2D eigenvalue weighted by Crippen LogP contribution is 2.41. The molecule has 0 radical (unpaired) electrons. The number of hydrogen-bond acceptors (Lipinski definition) is 5. The van der Waals surface area contributed by atoms with Crippen molar-refractivity contribution in [1.82, 2.24) is 19.8 Å². The van der Waals surface area contributed by atoms with Crippen LogP contribution in [0, 0.1) is 5.92 Å². The van der Waals surface area contributed by atoms with Crippen molar-refractivity contribution < 1.29 is 14.3 Å². The van der Waals surface area contributed by atoms with Gasteiger partial charge >= 0.3 is 0 Å². The quantitative estimate of drug-likeness (QED) is 0.792. The fourth-order valence-corrected chi connectivity index (χ4v) is 4.72. The zero-order valence-corrected chi connectivity index (χ0v) is 17.5. The van der Waals surface area contributed by atoms with Crippen molar-refractivity contribution in [2.24, 2.45) is 5.92 Å². The molecule has 1 atom stereocenters. The van der Waals surface area contributed by atoms with Crippen molar-refractivity contribution in [1.29, 1.82) is 0 Å². The Morgan fingerprint density at radius 3 is 2.93 bits per heavy atom. The van der Waals surface area contributed by atoms with Crippen molar-refractivity contribution in [3.63, 3.8) is 0 Å². The number of imidazole rings is 1. The molecule has 0 bridgehead atoms. The van der Waals surface area contributed by atoms with E-state index in [1.807, 2.05) is 36.7 Å². The summed E-state index contributed by atoms with van der Waals surface area (Å²) in [6.45, 7) is 4.17. The topological polar surface area (TPSA) is 68.6 Å². The number of amides is 1. The number of carbonyl (C=O) groups excluding carboxylic acids is 1. The fraction of sp³-hybridized carbons (Fsp3) is 0.565. The minimum atomic E-state index is -0.507. The summed E-state index contributed by atoms with van der Waals surface area (Å²) < 4.78 is 13.9. The second kappa shape index (κ2) is 8.04. The molecule has 160 valence electrons. The van der Waals surface area contributed by atoms with Gasteiger partial charge in [-0.2, -0.15) is 0 Å². The van der Waals surface area contributed by atoms with Crippen LogP contribution in [0.25, 0.3) is 0 Å². The standard InChI is InChI=1S/C23H30N4O3/c1-29-19-4-2-3-18(13-19)14-25-21(28)20-16-27-12-9-24-22(27)23(30-20)7-10-26(11-8-23)15-17-5-6-17/h2-4,9,12-13,17,20H,5-8,10-11,14-16H2,1H3,(H,25,28)/t20-/m1/s1. The average molecular weight is 411 g/mol. The molecular weight excluding hydrogens is 380 g/mol. The normalized spacial score (nSPS) is 23.2. The monoisotopic (exact) mass is 410 g/mol. The molecule has 7 nitrogen and oxygen atoms in total. The number of rotatable bonds is 6. The van der Waals surface area contributed by atoms with Gasteiger partial charge in [0.25, 0.3) is 5.91 Å². The molecular formula is C23H30N4O3. The lowest BCUT2D eigenvalue weighted by Gasteiger charge is -2.45. The molecule has 30 heavy (non-hydrogen) atoms. The van der Waals surface area contributed by atoms with Crippen LogP contribution in [0.4, 0.5) is 0 Å². The maximum atomic E-state index is 13.0. The number of methoxy groups -OCH3 is 1. The van der Waals surface area contributed by atoms with E-state index in [1.54, 1.807) is 7.11 Å². The second-order valence-electron chi connectivity index (χ2n) is 8.82. The molecule has 1 saturated carbocycles. The summed E-state index contributed by atoms with van der Waals surface area (Å²) >= 11 is 0. The number of carbonyl (C=O) groups is 1. The van der Waals surface area contributed by atoms with Crippen LogP contribution >= 0.6 is 0 Å². The van der Waals surface area contributed by atoms with Crippen molar-refractivity contribution in [3.05, 3.63) is 48.0 Å². The van der Waals surface area contributed by atoms with E-state index in [-0.39, 0.29) is 5.91 Å². The SMILES string of the molecule is COc1cccc(CNC(=O)[C@H]2Cn3ccnc3C3(CCN(CC4CC4)CC3)O2)c1. The summed E-state index contributed by atoms with van der Waals surface area (Å²) in [5.41, 5.74) is 0.546. The van der Waals surface area contributed by atoms with Gasteiger partial charge in [-0.1, -0.05) is 12.1 Å². The summed E-state index contributed by atoms with van der Waals surface area (Å²) in [6.07, 6.45) is 7.81. The number of ether oxygens (including phenoxy) is 2. The van der Waals surface area contributed by atoms with Crippen LogP contribution in [-0.4, -0.2) is 53.2 Å². The highest BCUT2D eigenvalue weighted by molar-refractivity contribution is 5.81. The second-order valence-corrected chi connectivity index (χ2v) is 8.82. The van der Waals surface area contributed by atoms with Crippen LogP contribution in [0.15, 0.2) is 36.7 Å². The van der Waals surface area contributed by atoms with E-state index in [4.69, 9.17) is 9.47 Å². The fourth-order valence-electron chi connectivity index (χ4n) is 4.72. The van der Waals surface area contributed by atoms with Gasteiger partial charge in [-0.3, -0.25) is 4.79 Å². The molecule has 2 fully saturated rings. The molecule has 5 rings (SSSR count). The Morgan fingerprint density at radius 1 is 1.33 bits per heavy atom. The van der Waals surface area contributed by atoms with Crippen LogP contribution in [0.5, 0.6) is 5.75 Å². The van der Waals surface area contributed by atoms with E-state index >= 15 is 0 Å². The van der Waals surface area contributed by atoms with Crippen molar-refractivity contribution in [3.8, 4) is 5.75 Å². The van der Waals surface area contributed by atoms with Gasteiger partial charge in [0.1, 0.15) is 17.2 Å². The predicted octanol–water partition coefficient (Wildman–Crippen LogP) is 2.31. The summed E-state index contributed by atoms with van der Waals surface area (Å²) in [5.74, 6) is 2.58. The minimum absolute atomic E-state index is 0.0723. The Balaban J connectivity index is 1.25. The minimum Gasteiger partial charge on any atom is -0.497 e. The van der Waals surface area contributed by atoms with Gasteiger partial charge in [0.05, 0.1) is 13.7 Å². The number of nitrogens with zero attached hydrogens (tertiary/aromatic N) is 3. The summed E-state index contributed by atoms with van der Waals surface area (Å²) in [6, 6.07) is 7.75. The van der Waals surface area contributed by atoms with E-state index in [0.29, 0.717) is 13.1 Å². The summed E-state index contributed by atoms with van der Waals surface area (Å²) in [5, 5.41) is 3.04. The first-order valence-corrected chi connectivity index (χ1v) is 11.0. The van der Waals surface area contributed by atoms with Crippen LogP contribution in [0.3, 0.4) is 0 Å².